The van der Waals surface area contributed by atoms with Gasteiger partial charge in [-0.1, -0.05) is 11.6 Å². The summed E-state index contributed by atoms with van der Waals surface area (Å²) in [7, 11) is 0. The molecule has 5 heteroatoms. The van der Waals surface area contributed by atoms with Crippen LogP contribution in [0.25, 0.3) is 0 Å². The second-order valence-electron chi connectivity index (χ2n) is 2.74. The third kappa shape index (κ3) is 3.08. The van der Waals surface area contributed by atoms with Crippen molar-refractivity contribution in [3.05, 3.63) is 28.8 Å². The molecule has 4 N–H and O–H groups in total. The predicted molar refractivity (Wildman–Crippen MR) is 60.3 cm³/mol. The molecule has 0 amide bonds. The minimum absolute atomic E-state index is 0. The molecule has 0 saturated carbocycles. The van der Waals surface area contributed by atoms with E-state index in [4.69, 9.17) is 28.3 Å². The molecule has 0 bridgehead atoms. The van der Waals surface area contributed by atoms with Gasteiger partial charge in [-0.05, 0) is 23.8 Å². The lowest BCUT2D eigenvalue weighted by Gasteiger charge is -2.10. The Hall–Kier alpha value is -0.950. The van der Waals surface area contributed by atoms with Gasteiger partial charge >= 0.3 is 0 Å². The highest BCUT2D eigenvalue weighted by atomic mass is 35.5. The van der Waals surface area contributed by atoms with Crippen molar-refractivity contribution in [2.75, 3.05) is 5.73 Å². The molecule has 0 fully saturated rings. The Morgan fingerprint density at radius 2 is 2.14 bits per heavy atom. The molecule has 0 aliphatic carbocycles. The normalized spacial score (nSPS) is 11.2. The summed E-state index contributed by atoms with van der Waals surface area (Å²) in [4.78, 5) is 0. The van der Waals surface area contributed by atoms with Crippen molar-refractivity contribution >= 4 is 29.7 Å². The van der Waals surface area contributed by atoms with Crippen molar-refractivity contribution in [1.82, 2.24) is 0 Å². The molecule has 0 spiro atoms. The zero-order valence-corrected chi connectivity index (χ0v) is 8.98. The van der Waals surface area contributed by atoms with E-state index in [1.807, 2.05) is 6.07 Å². The van der Waals surface area contributed by atoms with Crippen LogP contribution in [0.3, 0.4) is 0 Å². The standard InChI is InChI=1S/C9H10ClN3.ClH/c10-6-1-2-8(12)7(5-6)9(13)3-4-11;/h1-2,5,9H,3,12-13H2;1H/t9-;/m0./s1. The molecule has 0 aliphatic heterocycles. The third-order valence-corrected chi connectivity index (χ3v) is 1.99. The van der Waals surface area contributed by atoms with Gasteiger partial charge in [0.25, 0.3) is 0 Å². The fourth-order valence-electron chi connectivity index (χ4n) is 1.08. The first-order chi connectivity index (χ1) is 6.15. The Kier molecular flexibility index (Phi) is 5.32. The van der Waals surface area contributed by atoms with Crippen LogP contribution in [0, 0.1) is 11.3 Å². The van der Waals surface area contributed by atoms with E-state index in [1.54, 1.807) is 18.2 Å². The predicted octanol–water partition coefficient (Wildman–Crippen LogP) is 2.26. The van der Waals surface area contributed by atoms with Gasteiger partial charge in [-0.25, -0.2) is 0 Å². The van der Waals surface area contributed by atoms with E-state index in [9.17, 15) is 0 Å². The number of nitrogen functional groups attached to an aromatic ring is 1. The van der Waals surface area contributed by atoms with Crippen LogP contribution in [-0.2, 0) is 0 Å². The highest BCUT2D eigenvalue weighted by molar-refractivity contribution is 6.30. The highest BCUT2D eigenvalue weighted by Gasteiger charge is 2.09. The molecule has 0 saturated heterocycles. The summed E-state index contributed by atoms with van der Waals surface area (Å²) in [5, 5.41) is 9.04. The molecule has 1 aromatic rings. The molecule has 0 aromatic heterocycles. The van der Waals surface area contributed by atoms with Crippen molar-refractivity contribution in [2.24, 2.45) is 5.73 Å². The average Bonchev–Trinajstić information content (AvgIpc) is 2.09. The van der Waals surface area contributed by atoms with E-state index in [0.717, 1.165) is 5.56 Å². The summed E-state index contributed by atoms with van der Waals surface area (Å²) in [5.41, 5.74) is 12.7. The summed E-state index contributed by atoms with van der Waals surface area (Å²) in [6.45, 7) is 0. The van der Waals surface area contributed by atoms with Crippen LogP contribution >= 0.6 is 24.0 Å². The number of anilines is 1. The van der Waals surface area contributed by atoms with Crippen LogP contribution in [0.2, 0.25) is 5.02 Å². The maximum absolute atomic E-state index is 8.45. The van der Waals surface area contributed by atoms with E-state index < -0.39 is 0 Å². The van der Waals surface area contributed by atoms with Gasteiger partial charge in [0.1, 0.15) is 0 Å². The van der Waals surface area contributed by atoms with Gasteiger partial charge in [0.15, 0.2) is 0 Å². The Labute approximate surface area is 94.1 Å². The Morgan fingerprint density at radius 1 is 1.50 bits per heavy atom. The van der Waals surface area contributed by atoms with Crippen LogP contribution in [0.5, 0.6) is 0 Å². The van der Waals surface area contributed by atoms with Gasteiger partial charge in [0.05, 0.1) is 12.5 Å². The summed E-state index contributed by atoms with van der Waals surface area (Å²) in [6.07, 6.45) is 0.241. The lowest BCUT2D eigenvalue weighted by Crippen LogP contribution is -2.11. The number of hydrogen-bond donors (Lipinski definition) is 2. The number of nitrogens with zero attached hydrogens (tertiary/aromatic N) is 1. The Balaban J connectivity index is 0.00000169. The van der Waals surface area contributed by atoms with Crippen molar-refractivity contribution in [3.63, 3.8) is 0 Å². The van der Waals surface area contributed by atoms with Crippen molar-refractivity contribution < 1.29 is 0 Å². The number of rotatable bonds is 2. The van der Waals surface area contributed by atoms with Crippen molar-refractivity contribution in [3.8, 4) is 6.07 Å². The highest BCUT2D eigenvalue weighted by Crippen LogP contribution is 2.24. The molecule has 1 atom stereocenters. The fourth-order valence-corrected chi connectivity index (χ4v) is 1.26. The number of nitrogens with two attached hydrogens (primary N) is 2. The topological polar surface area (TPSA) is 75.8 Å². The van der Waals surface area contributed by atoms with Crippen molar-refractivity contribution in [1.29, 1.82) is 5.26 Å². The van der Waals surface area contributed by atoms with Gasteiger partial charge < -0.3 is 11.5 Å². The molecule has 3 nitrogen and oxygen atoms in total. The molecule has 0 heterocycles. The van der Waals surface area contributed by atoms with E-state index in [0.29, 0.717) is 10.7 Å². The smallest absolute Gasteiger partial charge is 0.0641 e. The molecule has 76 valence electrons. The number of hydrogen-bond acceptors (Lipinski definition) is 3. The minimum atomic E-state index is -0.358. The molecular weight excluding hydrogens is 221 g/mol. The van der Waals surface area contributed by atoms with Crippen molar-refractivity contribution in [2.45, 2.75) is 12.5 Å². The summed E-state index contributed by atoms with van der Waals surface area (Å²) >= 11 is 5.77. The van der Waals surface area contributed by atoms with Crippen LogP contribution < -0.4 is 11.5 Å². The fraction of sp³-hybridized carbons (Fsp3) is 0.222. The van der Waals surface area contributed by atoms with Crippen LogP contribution in [0.15, 0.2) is 18.2 Å². The average molecular weight is 232 g/mol. The zero-order valence-electron chi connectivity index (χ0n) is 7.40. The molecule has 14 heavy (non-hydrogen) atoms. The molecule has 0 aliphatic rings. The zero-order chi connectivity index (χ0) is 9.84. The number of benzene rings is 1. The molecule has 0 radical (unpaired) electrons. The third-order valence-electron chi connectivity index (χ3n) is 1.76. The largest absolute Gasteiger partial charge is 0.398 e. The first-order valence-corrected chi connectivity index (χ1v) is 4.20. The van der Waals surface area contributed by atoms with Gasteiger partial charge in [0.2, 0.25) is 0 Å². The molecule has 0 unspecified atom stereocenters. The van der Waals surface area contributed by atoms with Gasteiger partial charge in [-0.15, -0.1) is 12.4 Å². The second kappa shape index (κ2) is 5.71. The SMILES string of the molecule is Cl.N#CC[C@H](N)c1cc(Cl)ccc1N. The van der Waals surface area contributed by atoms with Crippen LogP contribution in [0.4, 0.5) is 5.69 Å². The lowest BCUT2D eigenvalue weighted by atomic mass is 10.0. The van der Waals surface area contributed by atoms with Gasteiger partial charge in [-0.2, -0.15) is 5.26 Å². The quantitative estimate of drug-likeness (QED) is 0.768. The minimum Gasteiger partial charge on any atom is -0.398 e. The van der Waals surface area contributed by atoms with Gasteiger partial charge in [0, 0.05) is 16.8 Å². The van der Waals surface area contributed by atoms with E-state index in [-0.39, 0.29) is 24.9 Å². The lowest BCUT2D eigenvalue weighted by molar-refractivity contribution is 0.751. The molecule has 1 rings (SSSR count). The number of halogens is 2. The summed E-state index contributed by atoms with van der Waals surface area (Å²) < 4.78 is 0. The van der Waals surface area contributed by atoms with Crippen LogP contribution in [0.1, 0.15) is 18.0 Å². The first-order valence-electron chi connectivity index (χ1n) is 3.82. The van der Waals surface area contributed by atoms with E-state index in [1.165, 1.54) is 0 Å². The molecular formula is C9H11Cl2N3. The maximum Gasteiger partial charge on any atom is 0.0641 e. The number of nitriles is 1. The van der Waals surface area contributed by atoms with E-state index in [2.05, 4.69) is 0 Å². The Morgan fingerprint density at radius 3 is 2.71 bits per heavy atom. The van der Waals surface area contributed by atoms with E-state index >= 15 is 0 Å². The summed E-state index contributed by atoms with van der Waals surface area (Å²) in [5.74, 6) is 0. The van der Waals surface area contributed by atoms with Crippen LogP contribution in [-0.4, -0.2) is 0 Å². The summed E-state index contributed by atoms with van der Waals surface area (Å²) in [6, 6.07) is 6.71. The monoisotopic (exact) mass is 231 g/mol. The Bertz CT molecular complexity index is 346. The van der Waals surface area contributed by atoms with Gasteiger partial charge in [-0.3, -0.25) is 0 Å². The second-order valence-corrected chi connectivity index (χ2v) is 3.18. The molecule has 1 aromatic carbocycles. The first kappa shape index (κ1) is 13.1. The maximum atomic E-state index is 8.45.